The average molecular weight is 410 g/mol. The van der Waals surface area contributed by atoms with Crippen LogP contribution in [0.25, 0.3) is 21.5 Å². The summed E-state index contributed by atoms with van der Waals surface area (Å²) in [6.45, 7) is 0. The number of aromatic hydroxyl groups is 2. The first kappa shape index (κ1) is 23.9. The summed E-state index contributed by atoms with van der Waals surface area (Å²) in [7, 11) is -4.67. The van der Waals surface area contributed by atoms with Gasteiger partial charge < -0.3 is 11.6 Å². The fourth-order valence-corrected chi connectivity index (χ4v) is 2.42. The summed E-state index contributed by atoms with van der Waals surface area (Å²) >= 11 is 0. The van der Waals surface area contributed by atoms with Crippen molar-refractivity contribution in [1.29, 1.82) is 0 Å². The fraction of sp³-hybridized carbons (Fsp3) is 0. The van der Waals surface area contributed by atoms with E-state index in [9.17, 15) is 10.2 Å². The van der Waals surface area contributed by atoms with E-state index in [1.807, 2.05) is 72.8 Å². The summed E-state index contributed by atoms with van der Waals surface area (Å²) < 4.78 is 31.6. The predicted molar refractivity (Wildman–Crippen MR) is 107 cm³/mol. The van der Waals surface area contributed by atoms with E-state index in [4.69, 9.17) is 17.5 Å². The minimum absolute atomic E-state index is 0. The maximum absolute atomic E-state index is 9.37. The molecule has 0 heterocycles. The number of phenols is 2. The van der Waals surface area contributed by atoms with E-state index in [1.54, 1.807) is 12.1 Å². The molecule has 0 amide bonds. The van der Waals surface area contributed by atoms with Gasteiger partial charge in [-0.25, -0.2) is 0 Å². The number of hydrogen-bond donors (Lipinski definition) is 4. The van der Waals surface area contributed by atoms with Gasteiger partial charge >= 0.3 is 40.0 Å². The maximum atomic E-state index is 9.37. The molecule has 4 N–H and O–H groups in total. The molecule has 0 spiro atoms. The Labute approximate surface area is 186 Å². The van der Waals surface area contributed by atoms with Crippen LogP contribution in [0.1, 0.15) is 1.43 Å². The molecule has 0 radical (unpaired) electrons. The second-order valence-electron chi connectivity index (χ2n) is 5.44. The van der Waals surface area contributed by atoms with Gasteiger partial charge in [0, 0.05) is 10.8 Å². The molecule has 0 aromatic heterocycles. The molecule has 0 saturated heterocycles. The fourth-order valence-electron chi connectivity index (χ4n) is 2.42. The largest absolute Gasteiger partial charge is 1.00 e. The molecular weight excluding hydrogens is 391 g/mol. The van der Waals surface area contributed by atoms with E-state index in [2.05, 4.69) is 0 Å². The van der Waals surface area contributed by atoms with E-state index in [0.717, 1.165) is 21.5 Å². The van der Waals surface area contributed by atoms with Crippen LogP contribution < -0.4 is 29.6 Å². The normalized spacial score (nSPS) is 10.1. The molecule has 0 fully saturated rings. The molecular formula is C20H19NaO6S. The molecule has 142 valence electrons. The third-order valence-electron chi connectivity index (χ3n) is 3.53. The summed E-state index contributed by atoms with van der Waals surface area (Å²) in [5.41, 5.74) is 0. The first-order valence-corrected chi connectivity index (χ1v) is 9.19. The van der Waals surface area contributed by atoms with Crippen molar-refractivity contribution < 1.29 is 58.7 Å². The van der Waals surface area contributed by atoms with E-state index in [0.29, 0.717) is 11.5 Å². The molecule has 4 aromatic carbocycles. The Balaban J connectivity index is 0.000000420. The first-order valence-electron chi connectivity index (χ1n) is 7.79. The number of rotatable bonds is 0. The SMILES string of the molecule is O=S(=O)(O)O.Oc1cccc2ccccc12.Oc1cccc2ccccc12.[H-].[Na+]. The Morgan fingerprint density at radius 3 is 1.18 bits per heavy atom. The molecule has 0 aliphatic carbocycles. The average Bonchev–Trinajstić information content (AvgIpc) is 2.62. The van der Waals surface area contributed by atoms with Crippen molar-refractivity contribution in [2.45, 2.75) is 0 Å². The topological polar surface area (TPSA) is 115 Å². The van der Waals surface area contributed by atoms with Crippen LogP contribution in [0.15, 0.2) is 84.9 Å². The number of hydrogen-bond acceptors (Lipinski definition) is 4. The summed E-state index contributed by atoms with van der Waals surface area (Å²) in [6, 6.07) is 26.6. The Hall–Kier alpha value is -2.13. The van der Waals surface area contributed by atoms with Crippen molar-refractivity contribution in [2.24, 2.45) is 0 Å². The molecule has 0 aliphatic rings. The van der Waals surface area contributed by atoms with Crippen LogP contribution in [0, 0.1) is 0 Å². The molecule has 0 bridgehead atoms. The van der Waals surface area contributed by atoms with Crippen molar-refractivity contribution in [3.8, 4) is 11.5 Å². The third-order valence-corrected chi connectivity index (χ3v) is 3.53. The molecule has 28 heavy (non-hydrogen) atoms. The first-order chi connectivity index (χ1) is 12.8. The second-order valence-corrected chi connectivity index (χ2v) is 6.34. The number of phenolic OH excluding ortho intramolecular Hbond substituents is 2. The molecule has 6 nitrogen and oxygen atoms in total. The monoisotopic (exact) mass is 410 g/mol. The van der Waals surface area contributed by atoms with Gasteiger partial charge in [-0.3, -0.25) is 9.11 Å². The van der Waals surface area contributed by atoms with Crippen molar-refractivity contribution in [2.75, 3.05) is 0 Å². The molecule has 8 heteroatoms. The van der Waals surface area contributed by atoms with Crippen molar-refractivity contribution in [1.82, 2.24) is 0 Å². The van der Waals surface area contributed by atoms with Crippen molar-refractivity contribution in [3.63, 3.8) is 0 Å². The van der Waals surface area contributed by atoms with Gasteiger partial charge in [0.2, 0.25) is 0 Å². The van der Waals surface area contributed by atoms with Crippen molar-refractivity contribution in [3.05, 3.63) is 84.9 Å². The smallest absolute Gasteiger partial charge is 1.00 e. The molecule has 0 atom stereocenters. The molecule has 0 unspecified atom stereocenters. The van der Waals surface area contributed by atoms with Crippen LogP contribution in [0.4, 0.5) is 0 Å². The summed E-state index contributed by atoms with van der Waals surface area (Å²) in [5.74, 6) is 0.700. The number of benzene rings is 4. The van der Waals surface area contributed by atoms with Crippen LogP contribution in [-0.2, 0) is 10.4 Å². The Morgan fingerprint density at radius 1 is 0.571 bits per heavy atom. The third kappa shape index (κ3) is 7.85. The van der Waals surface area contributed by atoms with E-state index in [-0.39, 0.29) is 31.0 Å². The Kier molecular flexibility index (Phi) is 9.40. The van der Waals surface area contributed by atoms with Gasteiger partial charge in [-0.1, -0.05) is 72.8 Å². The molecule has 0 saturated carbocycles. The van der Waals surface area contributed by atoms with Gasteiger partial charge in [-0.15, -0.1) is 0 Å². The quantitative estimate of drug-likeness (QED) is 0.258. The van der Waals surface area contributed by atoms with Gasteiger partial charge in [0.1, 0.15) is 11.5 Å². The Morgan fingerprint density at radius 2 is 0.857 bits per heavy atom. The molecule has 4 aromatic rings. The standard InChI is InChI=1S/2C10H8O.Na.H2O4S.H/c2*11-10-7-3-5-8-4-1-2-6-9(8)10;;1-5(2,3)4;/h2*1-7,11H;;(H2,1,2,3,4);/q;;+1;;-1. The van der Waals surface area contributed by atoms with Gasteiger partial charge in [0.15, 0.2) is 0 Å². The van der Waals surface area contributed by atoms with Gasteiger partial charge in [0.25, 0.3) is 0 Å². The zero-order chi connectivity index (χ0) is 19.9. The predicted octanol–water partition coefficient (Wildman–Crippen LogP) is 1.55. The van der Waals surface area contributed by atoms with E-state index in [1.165, 1.54) is 0 Å². The van der Waals surface area contributed by atoms with E-state index >= 15 is 0 Å². The Bertz CT molecular complexity index is 1060. The van der Waals surface area contributed by atoms with Gasteiger partial charge in [-0.05, 0) is 22.9 Å². The number of fused-ring (bicyclic) bond motifs is 2. The van der Waals surface area contributed by atoms with E-state index < -0.39 is 10.4 Å². The zero-order valence-electron chi connectivity index (χ0n) is 16.1. The summed E-state index contributed by atoms with van der Waals surface area (Å²) in [5, 5.41) is 22.7. The summed E-state index contributed by atoms with van der Waals surface area (Å²) in [4.78, 5) is 0. The summed E-state index contributed by atoms with van der Waals surface area (Å²) in [6.07, 6.45) is 0. The van der Waals surface area contributed by atoms with Crippen LogP contribution in [0.2, 0.25) is 0 Å². The minimum Gasteiger partial charge on any atom is -1.00 e. The van der Waals surface area contributed by atoms with Crippen LogP contribution >= 0.6 is 0 Å². The van der Waals surface area contributed by atoms with Crippen LogP contribution in [-0.4, -0.2) is 27.7 Å². The maximum Gasteiger partial charge on any atom is 1.00 e. The molecule has 4 rings (SSSR count). The van der Waals surface area contributed by atoms with Gasteiger partial charge in [0.05, 0.1) is 0 Å². The van der Waals surface area contributed by atoms with Crippen LogP contribution in [0.3, 0.4) is 0 Å². The zero-order valence-corrected chi connectivity index (χ0v) is 17.9. The minimum atomic E-state index is -4.67. The van der Waals surface area contributed by atoms with Crippen molar-refractivity contribution >= 4 is 31.9 Å². The van der Waals surface area contributed by atoms with Crippen LogP contribution in [0.5, 0.6) is 11.5 Å². The van der Waals surface area contributed by atoms with Gasteiger partial charge in [-0.2, -0.15) is 8.42 Å². The second kappa shape index (κ2) is 11.0. The molecule has 0 aliphatic heterocycles.